The van der Waals surface area contributed by atoms with Crippen LogP contribution in [-0.2, 0) is 16.0 Å². The first-order valence-corrected chi connectivity index (χ1v) is 8.30. The van der Waals surface area contributed by atoms with Crippen molar-refractivity contribution in [3.8, 4) is 0 Å². The molecule has 0 spiro atoms. The van der Waals surface area contributed by atoms with E-state index in [0.717, 1.165) is 9.90 Å². The summed E-state index contributed by atoms with van der Waals surface area (Å²) in [5.41, 5.74) is 0. The van der Waals surface area contributed by atoms with Gasteiger partial charge in [-0.1, -0.05) is 11.6 Å². The number of nitrogens with zero attached hydrogens (tertiary/aromatic N) is 3. The van der Waals surface area contributed by atoms with E-state index >= 15 is 0 Å². The van der Waals surface area contributed by atoms with Crippen LogP contribution in [0.2, 0.25) is 5.02 Å². The normalized spacial score (nSPS) is 18.6. The van der Waals surface area contributed by atoms with Gasteiger partial charge in [-0.15, -0.1) is 21.5 Å². The van der Waals surface area contributed by atoms with Crippen molar-refractivity contribution in [1.82, 2.24) is 15.1 Å². The Morgan fingerprint density at radius 3 is 3.09 bits per heavy atom. The Morgan fingerprint density at radius 1 is 1.55 bits per heavy atom. The predicted molar refractivity (Wildman–Crippen MR) is 82.0 cm³/mol. The average Bonchev–Trinajstić information content (AvgIpc) is 3.13. The van der Waals surface area contributed by atoms with Crippen LogP contribution in [0, 0.1) is 6.92 Å². The van der Waals surface area contributed by atoms with Crippen LogP contribution >= 0.6 is 22.9 Å². The van der Waals surface area contributed by atoms with Crippen molar-refractivity contribution in [2.45, 2.75) is 25.9 Å². The highest BCUT2D eigenvalue weighted by Gasteiger charge is 2.28. The molecule has 2 aromatic rings. The van der Waals surface area contributed by atoms with Crippen molar-refractivity contribution in [1.29, 1.82) is 0 Å². The van der Waals surface area contributed by atoms with Gasteiger partial charge in [-0.3, -0.25) is 4.79 Å². The molecular weight excluding hydrogens is 326 g/mol. The Morgan fingerprint density at radius 2 is 2.41 bits per heavy atom. The van der Waals surface area contributed by atoms with E-state index in [1.807, 2.05) is 11.4 Å². The van der Waals surface area contributed by atoms with Crippen LogP contribution in [-0.4, -0.2) is 40.7 Å². The Labute approximate surface area is 137 Å². The van der Waals surface area contributed by atoms with Gasteiger partial charge in [0, 0.05) is 30.1 Å². The Kier molecular flexibility index (Phi) is 4.75. The summed E-state index contributed by atoms with van der Waals surface area (Å²) in [6, 6.07) is 1.91. The number of halogens is 1. The van der Waals surface area contributed by atoms with E-state index in [1.165, 1.54) is 0 Å². The van der Waals surface area contributed by atoms with E-state index in [9.17, 15) is 4.79 Å². The molecule has 3 heterocycles. The van der Waals surface area contributed by atoms with Gasteiger partial charge in [-0.2, -0.15) is 0 Å². The zero-order valence-corrected chi connectivity index (χ0v) is 13.7. The van der Waals surface area contributed by atoms with Crippen LogP contribution in [0.15, 0.2) is 15.9 Å². The molecule has 22 heavy (non-hydrogen) atoms. The summed E-state index contributed by atoms with van der Waals surface area (Å²) >= 11 is 7.47. The van der Waals surface area contributed by atoms with E-state index in [4.69, 9.17) is 20.8 Å². The number of thiophene rings is 1. The molecule has 3 rings (SSSR count). The summed E-state index contributed by atoms with van der Waals surface area (Å²) in [4.78, 5) is 15.3. The lowest BCUT2D eigenvalue weighted by Gasteiger charge is -2.31. The minimum absolute atomic E-state index is 0.106. The number of carbonyl (C=O) groups excluding carboxylic acids is 1. The van der Waals surface area contributed by atoms with Crippen LogP contribution in [0.25, 0.3) is 0 Å². The molecule has 0 N–H and O–H groups in total. The molecule has 0 radical (unpaired) electrons. The monoisotopic (exact) mass is 341 g/mol. The molecule has 0 unspecified atom stereocenters. The van der Waals surface area contributed by atoms with E-state index < -0.39 is 0 Å². The van der Waals surface area contributed by atoms with E-state index in [2.05, 4.69) is 10.2 Å². The number of ether oxygens (including phenoxy) is 1. The first-order chi connectivity index (χ1) is 10.6. The van der Waals surface area contributed by atoms with Crippen molar-refractivity contribution in [3.63, 3.8) is 0 Å². The quantitative estimate of drug-likeness (QED) is 0.855. The highest BCUT2D eigenvalue weighted by molar-refractivity contribution is 7.10. The second-order valence-corrected chi connectivity index (χ2v) is 6.52. The average molecular weight is 342 g/mol. The fourth-order valence-corrected chi connectivity index (χ4v) is 3.42. The standard InChI is InChI=1S/C14H16ClN3O3S/c1-9-16-17-14(21-9)12-7-18(4-5-20-12)13(19)3-2-11-6-10(15)8-22-11/h6,8,12H,2-5,7H2,1H3/t12-/m0/s1. The first-order valence-electron chi connectivity index (χ1n) is 7.04. The van der Waals surface area contributed by atoms with Crippen molar-refractivity contribution in [2.75, 3.05) is 19.7 Å². The number of hydrogen-bond acceptors (Lipinski definition) is 6. The molecule has 0 aromatic carbocycles. The molecule has 2 aromatic heterocycles. The van der Waals surface area contributed by atoms with Crippen molar-refractivity contribution >= 4 is 28.8 Å². The summed E-state index contributed by atoms with van der Waals surface area (Å²) in [5.74, 6) is 1.03. The first kappa shape index (κ1) is 15.5. The number of aryl methyl sites for hydroxylation is 2. The molecule has 0 bridgehead atoms. The Hall–Kier alpha value is -1.44. The van der Waals surface area contributed by atoms with Gasteiger partial charge in [0.15, 0.2) is 6.10 Å². The molecule has 8 heteroatoms. The van der Waals surface area contributed by atoms with Crippen molar-refractivity contribution < 1.29 is 13.9 Å². The molecule has 1 fully saturated rings. The second-order valence-electron chi connectivity index (χ2n) is 5.09. The third-order valence-electron chi connectivity index (χ3n) is 3.44. The minimum Gasteiger partial charge on any atom is -0.423 e. The van der Waals surface area contributed by atoms with Gasteiger partial charge < -0.3 is 14.1 Å². The van der Waals surface area contributed by atoms with Gasteiger partial charge >= 0.3 is 0 Å². The largest absolute Gasteiger partial charge is 0.423 e. The molecule has 0 saturated carbocycles. The summed E-state index contributed by atoms with van der Waals surface area (Å²) in [6.45, 7) is 3.25. The maximum atomic E-state index is 12.3. The molecule has 6 nitrogen and oxygen atoms in total. The minimum atomic E-state index is -0.338. The smallest absolute Gasteiger partial charge is 0.246 e. The Bertz CT molecular complexity index is 657. The number of carbonyl (C=O) groups is 1. The van der Waals surface area contributed by atoms with Crippen LogP contribution < -0.4 is 0 Å². The third kappa shape index (κ3) is 3.66. The lowest BCUT2D eigenvalue weighted by molar-refractivity contribution is -0.139. The maximum Gasteiger partial charge on any atom is 0.246 e. The Balaban J connectivity index is 1.55. The van der Waals surface area contributed by atoms with Gasteiger partial charge in [0.25, 0.3) is 0 Å². The van der Waals surface area contributed by atoms with Crippen LogP contribution in [0.5, 0.6) is 0 Å². The highest BCUT2D eigenvalue weighted by atomic mass is 35.5. The van der Waals surface area contributed by atoms with Gasteiger partial charge in [0.05, 0.1) is 18.2 Å². The van der Waals surface area contributed by atoms with Crippen LogP contribution in [0.3, 0.4) is 0 Å². The van der Waals surface area contributed by atoms with Crippen molar-refractivity contribution in [3.05, 3.63) is 33.1 Å². The molecule has 0 aliphatic carbocycles. The number of amides is 1. The van der Waals surface area contributed by atoms with Crippen LogP contribution in [0.4, 0.5) is 0 Å². The lowest BCUT2D eigenvalue weighted by Crippen LogP contribution is -2.42. The lowest BCUT2D eigenvalue weighted by atomic mass is 10.2. The number of aromatic nitrogens is 2. The number of hydrogen-bond donors (Lipinski definition) is 0. The fourth-order valence-electron chi connectivity index (χ4n) is 2.34. The molecule has 1 amide bonds. The molecular formula is C14H16ClN3O3S. The SMILES string of the molecule is Cc1nnc([C@@H]2CN(C(=O)CCc3cc(Cl)cs3)CCO2)o1. The number of morpholine rings is 1. The van der Waals surface area contributed by atoms with E-state index in [-0.39, 0.29) is 12.0 Å². The molecule has 1 aliphatic rings. The maximum absolute atomic E-state index is 12.3. The van der Waals surface area contributed by atoms with Gasteiger partial charge in [0.1, 0.15) is 0 Å². The summed E-state index contributed by atoms with van der Waals surface area (Å²) < 4.78 is 11.0. The zero-order chi connectivity index (χ0) is 15.5. The number of rotatable bonds is 4. The third-order valence-corrected chi connectivity index (χ3v) is 4.79. The van der Waals surface area contributed by atoms with Gasteiger partial charge in [0.2, 0.25) is 17.7 Å². The summed E-state index contributed by atoms with van der Waals surface area (Å²) in [6.07, 6.45) is 0.833. The molecule has 118 valence electrons. The van der Waals surface area contributed by atoms with Crippen molar-refractivity contribution in [2.24, 2.45) is 0 Å². The van der Waals surface area contributed by atoms with E-state index in [0.29, 0.717) is 44.3 Å². The van der Waals surface area contributed by atoms with Gasteiger partial charge in [-0.05, 0) is 12.5 Å². The van der Waals surface area contributed by atoms with Crippen LogP contribution in [0.1, 0.15) is 29.2 Å². The zero-order valence-electron chi connectivity index (χ0n) is 12.1. The van der Waals surface area contributed by atoms with E-state index in [1.54, 1.807) is 23.2 Å². The molecule has 1 aliphatic heterocycles. The highest BCUT2D eigenvalue weighted by Crippen LogP contribution is 2.23. The fraction of sp³-hybridized carbons (Fsp3) is 0.500. The van der Waals surface area contributed by atoms with Gasteiger partial charge in [-0.25, -0.2) is 0 Å². The summed E-state index contributed by atoms with van der Waals surface area (Å²) in [7, 11) is 0. The molecule has 1 saturated heterocycles. The summed E-state index contributed by atoms with van der Waals surface area (Å²) in [5, 5.41) is 10.4. The molecule has 1 atom stereocenters. The topological polar surface area (TPSA) is 68.5 Å². The predicted octanol–water partition coefficient (Wildman–Crippen LogP) is 2.63. The second kappa shape index (κ2) is 6.76.